The number of carbonyl (C=O) groups is 2. The molecule has 1 aromatic heterocycles. The van der Waals surface area contributed by atoms with Gasteiger partial charge in [0.2, 0.25) is 5.91 Å². The van der Waals surface area contributed by atoms with Gasteiger partial charge in [0.15, 0.2) is 0 Å². The third-order valence-electron chi connectivity index (χ3n) is 3.23. The Morgan fingerprint density at radius 1 is 1.20 bits per heavy atom. The van der Waals surface area contributed by atoms with Gasteiger partial charge in [-0.05, 0) is 42.8 Å². The van der Waals surface area contributed by atoms with Crippen LogP contribution in [0.25, 0.3) is 0 Å². The van der Waals surface area contributed by atoms with Crippen LogP contribution in [0.15, 0.2) is 47.6 Å². The van der Waals surface area contributed by atoms with Crippen molar-refractivity contribution in [1.29, 1.82) is 0 Å². The smallest absolute Gasteiger partial charge is 0.234 e. The number of ether oxygens (including phenoxy) is 1. The Morgan fingerprint density at radius 2 is 1.96 bits per heavy atom. The second-order valence-corrected chi connectivity index (χ2v) is 6.23. The lowest BCUT2D eigenvalue weighted by Crippen LogP contribution is -2.22. The third kappa shape index (κ3) is 6.46. The van der Waals surface area contributed by atoms with E-state index in [0.29, 0.717) is 17.3 Å². The molecule has 1 aromatic carbocycles. The quantitative estimate of drug-likeness (QED) is 0.546. The van der Waals surface area contributed by atoms with Gasteiger partial charge in [-0.25, -0.2) is 4.98 Å². The molecule has 0 atom stereocenters. The zero-order valence-corrected chi connectivity index (χ0v) is 14.7. The number of thioether (sulfide) groups is 1. The van der Waals surface area contributed by atoms with Gasteiger partial charge in [-0.1, -0.05) is 25.1 Å². The molecule has 2 aromatic rings. The molecule has 0 radical (unpaired) electrons. The van der Waals surface area contributed by atoms with E-state index in [2.05, 4.69) is 17.2 Å². The monoisotopic (exact) mass is 359 g/mol. The molecule has 7 heteroatoms. The summed E-state index contributed by atoms with van der Waals surface area (Å²) >= 11 is 1.22. The third-order valence-corrected chi connectivity index (χ3v) is 4.17. The maximum absolute atomic E-state index is 12.0. The highest BCUT2D eigenvalue weighted by Crippen LogP contribution is 2.18. The minimum atomic E-state index is -1.27. The van der Waals surface area contributed by atoms with Crippen molar-refractivity contribution < 1.29 is 19.4 Å². The molecule has 1 amide bonds. The first-order valence-electron chi connectivity index (χ1n) is 7.91. The van der Waals surface area contributed by atoms with Crippen molar-refractivity contribution in [3.8, 4) is 5.75 Å². The van der Waals surface area contributed by atoms with Crippen molar-refractivity contribution in [3.63, 3.8) is 0 Å². The molecule has 0 unspecified atom stereocenters. The van der Waals surface area contributed by atoms with Gasteiger partial charge >= 0.3 is 0 Å². The van der Waals surface area contributed by atoms with Gasteiger partial charge in [0, 0.05) is 17.4 Å². The van der Waals surface area contributed by atoms with Crippen molar-refractivity contribution in [2.75, 3.05) is 17.7 Å². The summed E-state index contributed by atoms with van der Waals surface area (Å²) in [6.07, 6.45) is 3.30. The Hall–Kier alpha value is -2.54. The maximum atomic E-state index is 12.0. The lowest BCUT2D eigenvalue weighted by Gasteiger charge is -2.08. The molecule has 0 spiro atoms. The fourth-order valence-electron chi connectivity index (χ4n) is 1.89. The van der Waals surface area contributed by atoms with E-state index < -0.39 is 5.97 Å². The van der Waals surface area contributed by atoms with Gasteiger partial charge in [-0.3, -0.25) is 4.79 Å². The summed E-state index contributed by atoms with van der Waals surface area (Å²) < 4.78 is 5.57. The zero-order valence-electron chi connectivity index (χ0n) is 13.9. The van der Waals surface area contributed by atoms with E-state index in [9.17, 15) is 14.7 Å². The first-order chi connectivity index (χ1) is 12.1. The van der Waals surface area contributed by atoms with Crippen LogP contribution < -0.4 is 15.2 Å². The van der Waals surface area contributed by atoms with Gasteiger partial charge in [-0.2, -0.15) is 0 Å². The van der Waals surface area contributed by atoms with Crippen molar-refractivity contribution in [1.82, 2.24) is 4.98 Å². The Kier molecular flexibility index (Phi) is 7.28. The van der Waals surface area contributed by atoms with E-state index >= 15 is 0 Å². The van der Waals surface area contributed by atoms with Crippen LogP contribution in [0.4, 0.5) is 5.69 Å². The first kappa shape index (κ1) is 18.8. The lowest BCUT2D eigenvalue weighted by molar-refractivity contribution is -0.255. The van der Waals surface area contributed by atoms with Gasteiger partial charge in [-0.15, -0.1) is 0 Å². The first-order valence-corrected chi connectivity index (χ1v) is 8.90. The second-order valence-electron chi connectivity index (χ2n) is 5.24. The molecule has 2 rings (SSSR count). The number of pyridine rings is 1. The van der Waals surface area contributed by atoms with Crippen molar-refractivity contribution in [2.24, 2.45) is 0 Å². The average molecular weight is 359 g/mol. The second kappa shape index (κ2) is 9.68. The average Bonchev–Trinajstić information content (AvgIpc) is 2.62. The molecule has 0 aliphatic rings. The molecule has 0 saturated carbocycles. The van der Waals surface area contributed by atoms with Crippen LogP contribution in [0.3, 0.4) is 0 Å². The Bertz CT molecular complexity index is 702. The number of carbonyl (C=O) groups excluding carboxylic acids is 2. The van der Waals surface area contributed by atoms with Crippen LogP contribution in [-0.4, -0.2) is 29.2 Å². The number of rotatable bonds is 9. The number of hydrogen-bond donors (Lipinski definition) is 1. The maximum Gasteiger partial charge on any atom is 0.234 e. The number of anilines is 1. The number of unbranched alkanes of at least 4 members (excludes halogenated alkanes) is 1. The van der Waals surface area contributed by atoms with Crippen LogP contribution in [0, 0.1) is 0 Å². The summed E-state index contributed by atoms with van der Waals surface area (Å²) in [4.78, 5) is 26.6. The standard InChI is InChI=1S/C18H20N2O4S/c1-2-3-10-24-15-7-5-14(6-8-15)20-16(21)12-25-17-9-4-13(11-19-17)18(22)23/h4-9,11H,2-3,10,12H2,1H3,(H,20,21)(H,22,23)/p-1. The number of hydrogen-bond acceptors (Lipinski definition) is 6. The summed E-state index contributed by atoms with van der Waals surface area (Å²) in [7, 11) is 0. The van der Waals surface area contributed by atoms with Gasteiger partial charge < -0.3 is 20.0 Å². The summed E-state index contributed by atoms with van der Waals surface area (Å²) in [6.45, 7) is 2.79. The molecule has 6 nitrogen and oxygen atoms in total. The van der Waals surface area contributed by atoms with Gasteiger partial charge in [0.1, 0.15) is 5.75 Å². The highest BCUT2D eigenvalue weighted by Gasteiger charge is 2.05. The van der Waals surface area contributed by atoms with E-state index in [0.717, 1.165) is 18.6 Å². The van der Waals surface area contributed by atoms with E-state index in [1.54, 1.807) is 18.2 Å². The highest BCUT2D eigenvalue weighted by atomic mass is 32.2. The number of aromatic nitrogens is 1. The van der Waals surface area contributed by atoms with E-state index in [4.69, 9.17) is 4.74 Å². The van der Waals surface area contributed by atoms with Crippen molar-refractivity contribution in [3.05, 3.63) is 48.2 Å². The van der Waals surface area contributed by atoms with E-state index in [-0.39, 0.29) is 17.2 Å². The molecule has 1 N–H and O–H groups in total. The topological polar surface area (TPSA) is 91.3 Å². The molecular weight excluding hydrogens is 340 g/mol. The molecule has 0 fully saturated rings. The zero-order chi connectivity index (χ0) is 18.1. The summed E-state index contributed by atoms with van der Waals surface area (Å²) in [5.41, 5.74) is 0.698. The molecule has 0 aliphatic carbocycles. The predicted molar refractivity (Wildman–Crippen MR) is 94.8 cm³/mol. The number of nitrogens with zero attached hydrogens (tertiary/aromatic N) is 1. The molecular formula is C18H19N2O4S-. The highest BCUT2D eigenvalue weighted by molar-refractivity contribution is 7.99. The number of carboxylic acids is 1. The number of benzene rings is 1. The summed E-state index contributed by atoms with van der Waals surface area (Å²) in [5, 5.41) is 14.0. The van der Waals surface area contributed by atoms with Gasteiger partial charge in [0.25, 0.3) is 0 Å². The summed E-state index contributed by atoms with van der Waals surface area (Å²) in [6, 6.07) is 10.2. The fourth-order valence-corrected chi connectivity index (χ4v) is 2.53. The summed E-state index contributed by atoms with van der Waals surface area (Å²) in [5.74, 6) is -0.496. The fraction of sp³-hybridized carbons (Fsp3) is 0.278. The van der Waals surface area contributed by atoms with Crippen LogP contribution in [0.5, 0.6) is 5.75 Å². The molecule has 132 valence electrons. The Morgan fingerprint density at radius 3 is 2.56 bits per heavy atom. The number of carboxylic acid groups (broad SMARTS) is 1. The lowest BCUT2D eigenvalue weighted by atomic mass is 10.3. The molecule has 25 heavy (non-hydrogen) atoms. The number of nitrogens with one attached hydrogen (secondary N) is 1. The van der Waals surface area contributed by atoms with Gasteiger partial charge in [0.05, 0.1) is 23.4 Å². The number of aromatic carboxylic acids is 1. The van der Waals surface area contributed by atoms with E-state index in [1.807, 2.05) is 12.1 Å². The largest absolute Gasteiger partial charge is 0.545 e. The van der Waals surface area contributed by atoms with Crippen molar-refractivity contribution in [2.45, 2.75) is 24.8 Å². The Balaban J connectivity index is 1.78. The molecule has 0 bridgehead atoms. The predicted octanol–water partition coefficient (Wildman–Crippen LogP) is 2.35. The Labute approximate surface area is 150 Å². The minimum absolute atomic E-state index is 0.00930. The van der Waals surface area contributed by atoms with Crippen molar-refractivity contribution >= 4 is 29.3 Å². The minimum Gasteiger partial charge on any atom is -0.545 e. The van der Waals surface area contributed by atoms with Crippen LogP contribution in [-0.2, 0) is 4.79 Å². The molecule has 0 saturated heterocycles. The molecule has 1 heterocycles. The molecule has 0 aliphatic heterocycles. The van der Waals surface area contributed by atoms with Crippen LogP contribution in [0.1, 0.15) is 30.1 Å². The SMILES string of the molecule is CCCCOc1ccc(NC(=O)CSc2ccc(C(=O)[O-])cn2)cc1. The van der Waals surface area contributed by atoms with Crippen LogP contribution >= 0.6 is 11.8 Å². The van der Waals surface area contributed by atoms with E-state index in [1.165, 1.54) is 24.0 Å². The normalized spacial score (nSPS) is 10.3. The number of amides is 1. The van der Waals surface area contributed by atoms with Crippen LogP contribution in [0.2, 0.25) is 0 Å².